The third-order valence-electron chi connectivity index (χ3n) is 4.28. The van der Waals surface area contributed by atoms with Crippen LogP contribution in [-0.4, -0.2) is 35.3 Å². The van der Waals surface area contributed by atoms with Crippen molar-refractivity contribution in [1.29, 1.82) is 0 Å². The second-order valence-corrected chi connectivity index (χ2v) is 6.96. The Hall–Kier alpha value is -3.68. The summed E-state index contributed by atoms with van der Waals surface area (Å²) < 4.78 is 15.9. The Balaban J connectivity index is 1.46. The Morgan fingerprint density at radius 1 is 1.07 bits per heavy atom. The van der Waals surface area contributed by atoms with Gasteiger partial charge in [-0.15, -0.1) is 5.10 Å². The van der Waals surface area contributed by atoms with Crippen LogP contribution in [0.2, 0.25) is 0 Å². The molecule has 3 rings (SSSR count). The van der Waals surface area contributed by atoms with Crippen LogP contribution in [0.15, 0.2) is 52.9 Å². The molecule has 156 valence electrons. The molecule has 1 heterocycles. The van der Waals surface area contributed by atoms with Gasteiger partial charge in [0.05, 0.1) is 0 Å². The number of hydrogen-bond donors (Lipinski definition) is 1. The molecular weight excluding hydrogens is 386 g/mol. The largest absolute Gasteiger partial charge is 0.482 e. The Bertz CT molecular complexity index is 1010. The molecule has 0 spiro atoms. The zero-order valence-corrected chi connectivity index (χ0v) is 17.0. The number of aromatic nitrogens is 2. The smallest absolute Gasteiger partial charge is 0.344 e. The number of anilines is 1. The summed E-state index contributed by atoms with van der Waals surface area (Å²) in [5.41, 5.74) is 2.75. The molecule has 0 saturated heterocycles. The number of ether oxygens (including phenoxy) is 2. The van der Waals surface area contributed by atoms with Gasteiger partial charge in [-0.3, -0.25) is 10.1 Å². The van der Waals surface area contributed by atoms with Gasteiger partial charge in [-0.2, -0.15) is 0 Å². The number of carbonyl (C=O) groups excluding carboxylic acids is 2. The lowest BCUT2D eigenvalue weighted by Gasteiger charge is -2.12. The molecule has 1 N–H and O–H groups in total. The fourth-order valence-corrected chi connectivity index (χ4v) is 2.58. The number of nitrogens with zero attached hydrogens (tertiary/aromatic N) is 2. The van der Waals surface area contributed by atoms with Crippen LogP contribution in [0, 0.1) is 6.92 Å². The van der Waals surface area contributed by atoms with E-state index in [2.05, 4.69) is 29.4 Å². The Kier molecular flexibility index (Phi) is 6.79. The van der Waals surface area contributed by atoms with Crippen molar-refractivity contribution in [3.63, 3.8) is 0 Å². The van der Waals surface area contributed by atoms with E-state index in [9.17, 15) is 9.59 Å². The van der Waals surface area contributed by atoms with Crippen LogP contribution >= 0.6 is 0 Å². The molecule has 0 aliphatic carbocycles. The van der Waals surface area contributed by atoms with Crippen LogP contribution in [0.1, 0.15) is 30.9 Å². The molecule has 3 aromatic rings. The Morgan fingerprint density at radius 2 is 1.83 bits per heavy atom. The molecule has 1 aromatic heterocycles. The molecule has 0 fully saturated rings. The average Bonchev–Trinajstić information content (AvgIpc) is 3.20. The Labute approximate surface area is 174 Å². The van der Waals surface area contributed by atoms with Gasteiger partial charge in [0.1, 0.15) is 5.75 Å². The quantitative estimate of drug-likeness (QED) is 0.565. The number of aryl methyl sites for hydroxylation is 1. The van der Waals surface area contributed by atoms with Crippen LogP contribution in [0.5, 0.6) is 5.75 Å². The topological polar surface area (TPSA) is 104 Å². The highest BCUT2D eigenvalue weighted by Gasteiger charge is 2.14. The lowest BCUT2D eigenvalue weighted by Crippen LogP contribution is -2.23. The van der Waals surface area contributed by atoms with Gasteiger partial charge in [0.25, 0.3) is 5.91 Å². The first-order valence-corrected chi connectivity index (χ1v) is 9.50. The van der Waals surface area contributed by atoms with Gasteiger partial charge in [0.15, 0.2) is 13.2 Å². The van der Waals surface area contributed by atoms with E-state index in [-0.39, 0.29) is 18.5 Å². The number of nitrogens with one attached hydrogen (secondary N) is 1. The van der Waals surface area contributed by atoms with Crippen molar-refractivity contribution in [2.75, 3.05) is 18.5 Å². The highest BCUT2D eigenvalue weighted by atomic mass is 16.6. The van der Waals surface area contributed by atoms with Gasteiger partial charge in [-0.1, -0.05) is 49.3 Å². The number of carbonyl (C=O) groups is 2. The molecule has 8 heteroatoms. The van der Waals surface area contributed by atoms with Gasteiger partial charge in [0.2, 0.25) is 5.89 Å². The highest BCUT2D eigenvalue weighted by molar-refractivity contribution is 5.91. The molecule has 1 amide bonds. The molecule has 30 heavy (non-hydrogen) atoms. The molecular formula is C22H23N3O5. The van der Waals surface area contributed by atoms with Gasteiger partial charge in [0, 0.05) is 5.56 Å². The predicted molar refractivity (Wildman–Crippen MR) is 110 cm³/mol. The zero-order chi connectivity index (χ0) is 21.5. The van der Waals surface area contributed by atoms with E-state index in [1.165, 1.54) is 0 Å². The summed E-state index contributed by atoms with van der Waals surface area (Å²) in [5, 5.41) is 10.0. The molecule has 2 aromatic carbocycles. The fourth-order valence-electron chi connectivity index (χ4n) is 2.58. The maximum absolute atomic E-state index is 12.0. The maximum Gasteiger partial charge on any atom is 0.344 e. The summed E-state index contributed by atoms with van der Waals surface area (Å²) in [6, 6.07) is 14.9. The first-order chi connectivity index (χ1) is 14.4. The summed E-state index contributed by atoms with van der Waals surface area (Å²) in [6.07, 6.45) is 0. The van der Waals surface area contributed by atoms with E-state index >= 15 is 0 Å². The highest BCUT2D eigenvalue weighted by Crippen LogP contribution is 2.24. The third-order valence-corrected chi connectivity index (χ3v) is 4.28. The Morgan fingerprint density at radius 3 is 2.57 bits per heavy atom. The molecule has 0 saturated carbocycles. The number of esters is 1. The maximum atomic E-state index is 12.0. The average molecular weight is 409 g/mol. The van der Waals surface area contributed by atoms with Crippen molar-refractivity contribution in [3.8, 4) is 17.2 Å². The molecule has 0 atom stereocenters. The molecule has 8 nitrogen and oxygen atoms in total. The lowest BCUT2D eigenvalue weighted by atomic mass is 10.0. The SMILES string of the molecule is Cc1ccc(C(C)C)cc1OCC(=O)OCC(=O)Nc1nnc(-c2ccccc2)o1. The third kappa shape index (κ3) is 5.66. The van der Waals surface area contributed by atoms with E-state index in [4.69, 9.17) is 13.9 Å². The number of benzene rings is 2. The van der Waals surface area contributed by atoms with Gasteiger partial charge in [-0.05, 0) is 42.2 Å². The minimum atomic E-state index is -0.657. The molecule has 0 radical (unpaired) electrons. The van der Waals surface area contributed by atoms with Crippen LogP contribution in [0.3, 0.4) is 0 Å². The first-order valence-electron chi connectivity index (χ1n) is 9.50. The summed E-state index contributed by atoms with van der Waals surface area (Å²) in [6.45, 7) is 5.26. The molecule has 0 aliphatic heterocycles. The van der Waals surface area contributed by atoms with E-state index in [0.717, 1.165) is 16.7 Å². The minimum Gasteiger partial charge on any atom is -0.482 e. The van der Waals surface area contributed by atoms with E-state index in [1.54, 1.807) is 12.1 Å². The summed E-state index contributed by atoms with van der Waals surface area (Å²) in [5.74, 6) is -0.0208. The summed E-state index contributed by atoms with van der Waals surface area (Å²) in [7, 11) is 0. The summed E-state index contributed by atoms with van der Waals surface area (Å²) >= 11 is 0. The van der Waals surface area contributed by atoms with Crippen LogP contribution in [0.25, 0.3) is 11.5 Å². The van der Waals surface area contributed by atoms with Crippen molar-refractivity contribution in [2.45, 2.75) is 26.7 Å². The van der Waals surface area contributed by atoms with Crippen LogP contribution < -0.4 is 10.1 Å². The van der Waals surface area contributed by atoms with E-state index in [1.807, 2.05) is 43.3 Å². The van der Waals surface area contributed by atoms with Gasteiger partial charge >= 0.3 is 12.0 Å². The normalized spacial score (nSPS) is 10.7. The van der Waals surface area contributed by atoms with Crippen molar-refractivity contribution in [1.82, 2.24) is 10.2 Å². The summed E-state index contributed by atoms with van der Waals surface area (Å²) in [4.78, 5) is 23.9. The van der Waals surface area contributed by atoms with Crippen molar-refractivity contribution in [3.05, 3.63) is 59.7 Å². The van der Waals surface area contributed by atoms with Gasteiger partial charge < -0.3 is 13.9 Å². The minimum absolute atomic E-state index is 0.0766. The predicted octanol–water partition coefficient (Wildman–Crippen LogP) is 3.73. The lowest BCUT2D eigenvalue weighted by molar-refractivity contribution is -0.149. The van der Waals surface area contributed by atoms with E-state index in [0.29, 0.717) is 11.7 Å². The van der Waals surface area contributed by atoms with Crippen LogP contribution in [-0.2, 0) is 14.3 Å². The standard InChI is InChI=1S/C22H23N3O5/c1-14(2)17-10-9-15(3)18(11-17)28-13-20(27)29-12-19(26)23-22-25-24-21(30-22)16-7-5-4-6-8-16/h4-11,14H,12-13H2,1-3H3,(H,23,25,26). The monoisotopic (exact) mass is 409 g/mol. The van der Waals surface area contributed by atoms with Crippen LogP contribution in [0.4, 0.5) is 6.01 Å². The van der Waals surface area contributed by atoms with Crippen molar-refractivity contribution >= 4 is 17.9 Å². The van der Waals surface area contributed by atoms with Gasteiger partial charge in [-0.25, -0.2) is 4.79 Å². The molecule has 0 aliphatic rings. The second kappa shape index (κ2) is 9.69. The molecule has 0 bridgehead atoms. The van der Waals surface area contributed by atoms with Crippen molar-refractivity contribution in [2.24, 2.45) is 0 Å². The number of amides is 1. The number of hydrogen-bond acceptors (Lipinski definition) is 7. The van der Waals surface area contributed by atoms with E-state index < -0.39 is 18.5 Å². The van der Waals surface area contributed by atoms with Crippen molar-refractivity contribution < 1.29 is 23.5 Å². The molecule has 0 unspecified atom stereocenters. The first kappa shape index (κ1) is 21.0. The fraction of sp³-hybridized carbons (Fsp3) is 0.273. The zero-order valence-electron chi connectivity index (χ0n) is 17.0. The second-order valence-electron chi connectivity index (χ2n) is 6.96. The number of rotatable bonds is 8.